The first kappa shape index (κ1) is 16.7. The summed E-state index contributed by atoms with van der Waals surface area (Å²) >= 11 is 12.0. The number of likely N-dealkylation sites (N-methyl/N-ethyl adjacent to an activating group) is 1. The Morgan fingerprint density at radius 2 is 2.00 bits per heavy atom. The van der Waals surface area contributed by atoms with Gasteiger partial charge in [-0.2, -0.15) is 4.31 Å². The highest BCUT2D eigenvalue weighted by Gasteiger charge is 2.25. The minimum absolute atomic E-state index is 0.00220. The van der Waals surface area contributed by atoms with Crippen molar-refractivity contribution in [2.45, 2.75) is 11.4 Å². The van der Waals surface area contributed by atoms with Gasteiger partial charge in [0.1, 0.15) is 4.90 Å². The normalized spacial score (nSPS) is 12.1. The van der Waals surface area contributed by atoms with Crippen LogP contribution in [-0.2, 0) is 21.3 Å². The standard InChI is InChI=1S/C11H16Cl2N2O3S/c1-15(5-6-18-2)19(16,17)10-4-3-9(12)8(7-14)11(10)13/h3-4H,5-7,14H2,1-2H3. The fourth-order valence-electron chi connectivity index (χ4n) is 1.47. The molecule has 0 amide bonds. The summed E-state index contributed by atoms with van der Waals surface area (Å²) in [6, 6.07) is 2.86. The van der Waals surface area contributed by atoms with E-state index in [1.165, 1.54) is 30.6 Å². The Balaban J connectivity index is 3.22. The summed E-state index contributed by atoms with van der Waals surface area (Å²) in [6.45, 7) is 0.600. The zero-order valence-electron chi connectivity index (χ0n) is 10.7. The number of sulfonamides is 1. The summed E-state index contributed by atoms with van der Waals surface area (Å²) in [5, 5.41) is 0.422. The van der Waals surface area contributed by atoms with Crippen LogP contribution in [0.15, 0.2) is 17.0 Å². The zero-order valence-corrected chi connectivity index (χ0v) is 13.0. The molecule has 0 radical (unpaired) electrons. The van der Waals surface area contributed by atoms with E-state index in [0.717, 1.165) is 0 Å². The van der Waals surface area contributed by atoms with Gasteiger partial charge in [-0.3, -0.25) is 0 Å². The average molecular weight is 327 g/mol. The average Bonchev–Trinajstić information content (AvgIpc) is 2.36. The van der Waals surface area contributed by atoms with Crippen molar-refractivity contribution >= 4 is 33.2 Å². The first-order valence-corrected chi connectivity index (χ1v) is 7.68. The molecule has 108 valence electrons. The summed E-state index contributed by atoms with van der Waals surface area (Å²) in [7, 11) is -0.722. The molecule has 0 saturated heterocycles. The molecule has 0 aliphatic heterocycles. The molecule has 1 aromatic carbocycles. The van der Waals surface area contributed by atoms with Gasteiger partial charge in [-0.05, 0) is 12.1 Å². The largest absolute Gasteiger partial charge is 0.383 e. The van der Waals surface area contributed by atoms with Crippen molar-refractivity contribution in [3.8, 4) is 0 Å². The van der Waals surface area contributed by atoms with Gasteiger partial charge in [-0.25, -0.2) is 8.42 Å². The zero-order chi connectivity index (χ0) is 14.6. The lowest BCUT2D eigenvalue weighted by molar-refractivity contribution is 0.185. The van der Waals surface area contributed by atoms with Gasteiger partial charge in [0.15, 0.2) is 0 Å². The Morgan fingerprint density at radius 3 is 2.53 bits per heavy atom. The van der Waals surface area contributed by atoms with Gasteiger partial charge in [0.2, 0.25) is 10.0 Å². The first-order chi connectivity index (χ1) is 8.86. The molecule has 0 heterocycles. The van der Waals surface area contributed by atoms with E-state index in [2.05, 4.69) is 0 Å². The maximum absolute atomic E-state index is 12.3. The summed E-state index contributed by atoms with van der Waals surface area (Å²) in [5.41, 5.74) is 5.94. The quantitative estimate of drug-likeness (QED) is 0.863. The molecular formula is C11H16Cl2N2O3S. The van der Waals surface area contributed by atoms with E-state index in [4.69, 9.17) is 33.7 Å². The molecule has 5 nitrogen and oxygen atoms in total. The third-order valence-electron chi connectivity index (χ3n) is 2.65. The minimum Gasteiger partial charge on any atom is -0.383 e. The Labute approximate surface area is 123 Å². The van der Waals surface area contributed by atoms with Crippen LogP contribution in [0.5, 0.6) is 0 Å². The Morgan fingerprint density at radius 1 is 1.37 bits per heavy atom. The van der Waals surface area contributed by atoms with Gasteiger partial charge in [0.05, 0.1) is 11.6 Å². The molecule has 0 saturated carbocycles. The van der Waals surface area contributed by atoms with Crippen LogP contribution in [0.25, 0.3) is 0 Å². The lowest BCUT2D eigenvalue weighted by atomic mass is 10.2. The van der Waals surface area contributed by atoms with Crippen LogP contribution in [0.1, 0.15) is 5.56 Å². The van der Waals surface area contributed by atoms with Gasteiger partial charge in [-0.15, -0.1) is 0 Å². The van der Waals surface area contributed by atoms with Gasteiger partial charge in [0, 0.05) is 37.8 Å². The predicted octanol–water partition coefficient (Wildman–Crippen LogP) is 1.72. The highest BCUT2D eigenvalue weighted by Crippen LogP contribution is 2.31. The lowest BCUT2D eigenvalue weighted by Crippen LogP contribution is -2.30. The van der Waals surface area contributed by atoms with Crippen LogP contribution >= 0.6 is 23.2 Å². The Kier molecular flexibility index (Phi) is 6.04. The molecule has 0 spiro atoms. The van der Waals surface area contributed by atoms with Crippen molar-refractivity contribution in [2.24, 2.45) is 5.73 Å². The van der Waals surface area contributed by atoms with Crippen molar-refractivity contribution in [2.75, 3.05) is 27.3 Å². The van der Waals surface area contributed by atoms with Crippen LogP contribution < -0.4 is 5.73 Å². The second-order valence-corrected chi connectivity index (χ2v) is 6.66. The highest BCUT2D eigenvalue weighted by molar-refractivity contribution is 7.89. The van der Waals surface area contributed by atoms with E-state index in [1.807, 2.05) is 0 Å². The monoisotopic (exact) mass is 326 g/mol. The summed E-state index contributed by atoms with van der Waals surface area (Å²) < 4.78 is 30.7. The molecule has 0 aliphatic carbocycles. The summed E-state index contributed by atoms with van der Waals surface area (Å²) in [5.74, 6) is 0. The Bertz CT molecular complexity index is 549. The SMILES string of the molecule is COCCN(C)S(=O)(=O)c1ccc(Cl)c(CN)c1Cl. The number of rotatable bonds is 6. The molecule has 1 aromatic rings. The molecule has 0 unspecified atom stereocenters. The van der Waals surface area contributed by atoms with E-state index in [1.54, 1.807) is 0 Å². The number of benzene rings is 1. The molecular weight excluding hydrogens is 311 g/mol. The van der Waals surface area contributed by atoms with Crippen molar-refractivity contribution in [3.05, 3.63) is 27.7 Å². The van der Waals surface area contributed by atoms with Crippen molar-refractivity contribution in [1.82, 2.24) is 4.31 Å². The Hall–Kier alpha value is -0.370. The predicted molar refractivity (Wildman–Crippen MR) is 76.0 cm³/mol. The lowest BCUT2D eigenvalue weighted by Gasteiger charge is -2.18. The number of methoxy groups -OCH3 is 1. The van der Waals surface area contributed by atoms with E-state index in [-0.39, 0.29) is 23.0 Å². The molecule has 8 heteroatoms. The second kappa shape index (κ2) is 6.88. The van der Waals surface area contributed by atoms with Crippen LogP contribution in [0.3, 0.4) is 0 Å². The number of nitrogens with two attached hydrogens (primary N) is 1. The smallest absolute Gasteiger partial charge is 0.244 e. The van der Waals surface area contributed by atoms with Crippen LogP contribution in [-0.4, -0.2) is 40.0 Å². The van der Waals surface area contributed by atoms with E-state index in [0.29, 0.717) is 17.2 Å². The minimum atomic E-state index is -3.68. The molecule has 19 heavy (non-hydrogen) atoms. The third kappa shape index (κ3) is 3.59. The fraction of sp³-hybridized carbons (Fsp3) is 0.455. The van der Waals surface area contributed by atoms with Crippen molar-refractivity contribution in [1.29, 1.82) is 0 Å². The number of hydrogen-bond acceptors (Lipinski definition) is 4. The van der Waals surface area contributed by atoms with Crippen molar-refractivity contribution < 1.29 is 13.2 Å². The number of ether oxygens (including phenoxy) is 1. The molecule has 0 fully saturated rings. The maximum Gasteiger partial charge on any atom is 0.244 e. The van der Waals surface area contributed by atoms with Crippen LogP contribution in [0.2, 0.25) is 10.0 Å². The molecule has 0 bridgehead atoms. The van der Waals surface area contributed by atoms with E-state index in [9.17, 15) is 8.42 Å². The molecule has 0 aromatic heterocycles. The third-order valence-corrected chi connectivity index (χ3v) is 5.45. The summed E-state index contributed by atoms with van der Waals surface area (Å²) in [6.07, 6.45) is 0. The molecule has 0 aliphatic rings. The number of hydrogen-bond donors (Lipinski definition) is 1. The van der Waals surface area contributed by atoms with Gasteiger partial charge >= 0.3 is 0 Å². The van der Waals surface area contributed by atoms with Crippen molar-refractivity contribution in [3.63, 3.8) is 0 Å². The highest BCUT2D eigenvalue weighted by atomic mass is 35.5. The number of halogens is 2. The van der Waals surface area contributed by atoms with Gasteiger partial charge in [0.25, 0.3) is 0 Å². The first-order valence-electron chi connectivity index (χ1n) is 5.48. The molecule has 1 rings (SSSR count). The molecule has 0 atom stereocenters. The van der Waals surface area contributed by atoms with E-state index >= 15 is 0 Å². The molecule has 2 N–H and O–H groups in total. The second-order valence-electron chi connectivity index (χ2n) is 3.86. The van der Waals surface area contributed by atoms with Crippen LogP contribution in [0, 0.1) is 0 Å². The van der Waals surface area contributed by atoms with Gasteiger partial charge in [-0.1, -0.05) is 23.2 Å². The van der Waals surface area contributed by atoms with Gasteiger partial charge < -0.3 is 10.5 Å². The number of nitrogens with zero attached hydrogens (tertiary/aromatic N) is 1. The maximum atomic E-state index is 12.3. The summed E-state index contributed by atoms with van der Waals surface area (Å²) in [4.78, 5) is -0.00220. The van der Waals surface area contributed by atoms with E-state index < -0.39 is 10.0 Å². The van der Waals surface area contributed by atoms with Crippen LogP contribution in [0.4, 0.5) is 0 Å². The fourth-order valence-corrected chi connectivity index (χ4v) is 3.53. The topological polar surface area (TPSA) is 72.6 Å².